The van der Waals surface area contributed by atoms with E-state index in [9.17, 15) is 13.2 Å². The number of aryl methyl sites for hydroxylation is 1. The molecule has 7 heteroatoms. The van der Waals surface area contributed by atoms with E-state index in [0.717, 1.165) is 16.9 Å². The number of hydrogen-bond acceptors (Lipinski definition) is 4. The molecule has 0 aliphatic heterocycles. The molecule has 2 rings (SSSR count). The molecule has 0 radical (unpaired) electrons. The van der Waals surface area contributed by atoms with E-state index in [4.69, 9.17) is 4.74 Å². The molecule has 27 heavy (non-hydrogen) atoms. The lowest BCUT2D eigenvalue weighted by atomic mass is 10.1. The van der Waals surface area contributed by atoms with Crippen molar-refractivity contribution in [3.63, 3.8) is 0 Å². The fourth-order valence-corrected chi connectivity index (χ4v) is 4.04. The van der Waals surface area contributed by atoms with Gasteiger partial charge in [0, 0.05) is 12.2 Å². The van der Waals surface area contributed by atoms with Crippen LogP contribution in [0.25, 0.3) is 0 Å². The Balaban J connectivity index is 1.84. The summed E-state index contributed by atoms with van der Waals surface area (Å²) in [5.74, 6) is -0.462. The lowest BCUT2D eigenvalue weighted by Gasteiger charge is -2.14. The lowest BCUT2D eigenvalue weighted by molar-refractivity contribution is -0.123. The van der Waals surface area contributed by atoms with Crippen LogP contribution in [0.15, 0.2) is 48.5 Å². The minimum absolute atomic E-state index is 0.276. The third-order valence-corrected chi connectivity index (χ3v) is 5.61. The van der Waals surface area contributed by atoms with Gasteiger partial charge in [-0.2, -0.15) is 0 Å². The number of benzene rings is 2. The monoisotopic (exact) mass is 390 g/mol. The Bertz CT molecular complexity index is 864. The van der Waals surface area contributed by atoms with Crippen LogP contribution in [0, 0.1) is 12.8 Å². The summed E-state index contributed by atoms with van der Waals surface area (Å²) < 4.78 is 32.3. The van der Waals surface area contributed by atoms with Crippen LogP contribution in [-0.2, 0) is 21.2 Å². The molecule has 0 heterocycles. The van der Waals surface area contributed by atoms with Crippen LogP contribution in [0.3, 0.4) is 0 Å². The number of hydrogen-bond donors (Lipinski definition) is 2. The van der Waals surface area contributed by atoms with Crippen molar-refractivity contribution < 1.29 is 17.9 Å². The summed E-state index contributed by atoms with van der Waals surface area (Å²) >= 11 is 0. The van der Waals surface area contributed by atoms with Crippen molar-refractivity contribution in [2.75, 3.05) is 24.1 Å². The first-order chi connectivity index (χ1) is 12.8. The molecule has 6 nitrogen and oxygen atoms in total. The molecular formula is C20H26N2O4S. The molecule has 0 fully saturated rings. The molecule has 146 valence electrons. The molecule has 0 aliphatic rings. The van der Waals surface area contributed by atoms with Gasteiger partial charge in [0.15, 0.2) is 0 Å². The fraction of sp³-hybridized carbons (Fsp3) is 0.350. The normalized spacial score (nSPS) is 12.3. The van der Waals surface area contributed by atoms with Crippen molar-refractivity contribution in [3.8, 4) is 5.75 Å². The molecule has 0 aromatic heterocycles. The maximum Gasteiger partial charge on any atom is 0.233 e. The predicted molar refractivity (Wildman–Crippen MR) is 107 cm³/mol. The number of anilines is 1. The number of rotatable bonds is 9. The molecular weight excluding hydrogens is 364 g/mol. The minimum Gasteiger partial charge on any atom is -0.496 e. The molecule has 0 bridgehead atoms. The highest BCUT2D eigenvalue weighted by atomic mass is 32.2. The Kier molecular flexibility index (Phi) is 7.24. The maximum absolute atomic E-state index is 12.3. The highest BCUT2D eigenvalue weighted by Gasteiger charge is 2.21. The molecule has 1 amide bonds. The van der Waals surface area contributed by atoms with Crippen molar-refractivity contribution in [1.29, 1.82) is 0 Å². The van der Waals surface area contributed by atoms with E-state index in [1.165, 1.54) is 0 Å². The van der Waals surface area contributed by atoms with Crippen LogP contribution in [0.2, 0.25) is 0 Å². The Morgan fingerprint density at radius 3 is 2.44 bits per heavy atom. The van der Waals surface area contributed by atoms with E-state index >= 15 is 0 Å². The topological polar surface area (TPSA) is 84.5 Å². The summed E-state index contributed by atoms with van der Waals surface area (Å²) in [5.41, 5.74) is 2.52. The van der Waals surface area contributed by atoms with Gasteiger partial charge in [0.05, 0.1) is 18.8 Å². The Morgan fingerprint density at radius 2 is 1.78 bits per heavy atom. The van der Waals surface area contributed by atoms with Crippen LogP contribution in [0.5, 0.6) is 5.75 Å². The van der Waals surface area contributed by atoms with Crippen LogP contribution < -0.4 is 14.8 Å². The molecule has 1 unspecified atom stereocenters. The number of para-hydroxylation sites is 1. The average Bonchev–Trinajstić information content (AvgIpc) is 2.63. The second-order valence-corrected chi connectivity index (χ2v) is 8.27. The summed E-state index contributed by atoms with van der Waals surface area (Å²) in [6.45, 7) is 3.94. The second-order valence-electron chi connectivity index (χ2n) is 6.50. The number of ether oxygens (including phenoxy) is 1. The standard InChI is InChI=1S/C20H26N2O4S/c1-15-8-10-18(11-9-15)22-27(24,25)14-16(2)20(23)21-13-12-17-6-4-5-7-19(17)26-3/h4-11,16,22H,12-14H2,1-3H3,(H,21,23). The summed E-state index contributed by atoms with van der Waals surface area (Å²) in [5, 5.41) is 2.79. The van der Waals surface area contributed by atoms with Crippen LogP contribution in [0.4, 0.5) is 5.69 Å². The second kappa shape index (κ2) is 9.41. The molecule has 0 saturated carbocycles. The smallest absolute Gasteiger partial charge is 0.233 e. The van der Waals surface area contributed by atoms with Crippen molar-refractivity contribution in [2.45, 2.75) is 20.3 Å². The van der Waals surface area contributed by atoms with Crippen molar-refractivity contribution in [1.82, 2.24) is 5.32 Å². The van der Waals surface area contributed by atoms with Gasteiger partial charge in [-0.1, -0.05) is 42.8 Å². The highest BCUT2D eigenvalue weighted by Crippen LogP contribution is 2.17. The van der Waals surface area contributed by atoms with E-state index in [0.29, 0.717) is 18.7 Å². The van der Waals surface area contributed by atoms with E-state index in [2.05, 4.69) is 10.0 Å². The molecule has 0 aliphatic carbocycles. The van der Waals surface area contributed by atoms with E-state index < -0.39 is 15.9 Å². The van der Waals surface area contributed by atoms with Crippen molar-refractivity contribution in [3.05, 3.63) is 59.7 Å². The number of amides is 1. The summed E-state index contributed by atoms with van der Waals surface area (Å²) in [7, 11) is -2.01. The molecule has 0 spiro atoms. The SMILES string of the molecule is COc1ccccc1CCNC(=O)C(C)CS(=O)(=O)Nc1ccc(C)cc1. The van der Waals surface area contributed by atoms with Gasteiger partial charge < -0.3 is 10.1 Å². The zero-order chi connectivity index (χ0) is 19.9. The Labute approximate surface area is 161 Å². The molecule has 1 atom stereocenters. The van der Waals surface area contributed by atoms with E-state index in [1.807, 2.05) is 43.3 Å². The zero-order valence-electron chi connectivity index (χ0n) is 15.9. The summed E-state index contributed by atoms with van der Waals surface area (Å²) in [6, 6.07) is 14.6. The highest BCUT2D eigenvalue weighted by molar-refractivity contribution is 7.92. The minimum atomic E-state index is -3.61. The van der Waals surface area contributed by atoms with Crippen LogP contribution in [0.1, 0.15) is 18.1 Å². The average molecular weight is 391 g/mol. The first-order valence-electron chi connectivity index (χ1n) is 8.77. The first-order valence-corrected chi connectivity index (χ1v) is 10.4. The van der Waals surface area contributed by atoms with Crippen molar-refractivity contribution in [2.24, 2.45) is 5.92 Å². The zero-order valence-corrected chi connectivity index (χ0v) is 16.7. The Hall–Kier alpha value is -2.54. The largest absolute Gasteiger partial charge is 0.496 e. The van der Waals surface area contributed by atoms with Gasteiger partial charge in [0.25, 0.3) is 0 Å². The number of methoxy groups -OCH3 is 1. The third-order valence-electron chi connectivity index (χ3n) is 4.13. The third kappa shape index (κ3) is 6.60. The van der Waals surface area contributed by atoms with Crippen molar-refractivity contribution >= 4 is 21.6 Å². The van der Waals surface area contributed by atoms with Crippen LogP contribution in [-0.4, -0.2) is 33.7 Å². The molecule has 2 aromatic carbocycles. The molecule has 2 aromatic rings. The number of nitrogens with one attached hydrogen (secondary N) is 2. The predicted octanol–water partition coefficient (Wildman–Crippen LogP) is 2.74. The maximum atomic E-state index is 12.3. The van der Waals surface area contributed by atoms with Gasteiger partial charge in [0.1, 0.15) is 5.75 Å². The summed E-state index contributed by atoms with van der Waals surface area (Å²) in [4.78, 5) is 12.2. The van der Waals surface area contributed by atoms with Gasteiger partial charge in [-0.05, 0) is 37.1 Å². The number of carbonyl (C=O) groups excluding carboxylic acids is 1. The van der Waals surface area contributed by atoms with E-state index in [1.54, 1.807) is 26.2 Å². The van der Waals surface area contributed by atoms with Gasteiger partial charge >= 0.3 is 0 Å². The quantitative estimate of drug-likeness (QED) is 0.689. The van der Waals surface area contributed by atoms with Gasteiger partial charge in [-0.25, -0.2) is 8.42 Å². The number of carbonyl (C=O) groups is 1. The van der Waals surface area contributed by atoms with Gasteiger partial charge in [-0.3, -0.25) is 9.52 Å². The van der Waals surface area contributed by atoms with Gasteiger partial charge in [0.2, 0.25) is 15.9 Å². The van der Waals surface area contributed by atoms with Gasteiger partial charge in [-0.15, -0.1) is 0 Å². The van der Waals surface area contributed by atoms with Crippen LogP contribution >= 0.6 is 0 Å². The first kappa shape index (κ1) is 20.8. The fourth-order valence-electron chi connectivity index (χ4n) is 2.65. The molecule has 2 N–H and O–H groups in total. The number of sulfonamides is 1. The Morgan fingerprint density at radius 1 is 1.11 bits per heavy atom. The summed E-state index contributed by atoms with van der Waals surface area (Å²) in [6.07, 6.45) is 0.608. The molecule has 0 saturated heterocycles. The van der Waals surface area contributed by atoms with E-state index in [-0.39, 0.29) is 11.7 Å². The lowest BCUT2D eigenvalue weighted by Crippen LogP contribution is -2.35.